The monoisotopic (exact) mass is 271 g/mol. The van der Waals surface area contributed by atoms with Crippen molar-refractivity contribution < 1.29 is 0 Å². The van der Waals surface area contributed by atoms with Crippen LogP contribution in [-0.4, -0.2) is 6.26 Å². The first-order valence-electron chi connectivity index (χ1n) is 6.62. The first-order chi connectivity index (χ1) is 9.20. The van der Waals surface area contributed by atoms with Gasteiger partial charge in [0.15, 0.2) is 0 Å². The topological polar surface area (TPSA) is 12.0 Å². The van der Waals surface area contributed by atoms with Gasteiger partial charge < -0.3 is 5.32 Å². The largest absolute Gasteiger partial charge is 0.306 e. The molecule has 0 saturated heterocycles. The van der Waals surface area contributed by atoms with E-state index in [4.69, 9.17) is 0 Å². The fraction of sp³-hybridized carbons (Fsp3) is 0.294. The van der Waals surface area contributed by atoms with E-state index in [-0.39, 0.29) is 0 Å². The molecule has 0 radical (unpaired) electrons. The summed E-state index contributed by atoms with van der Waals surface area (Å²) in [6, 6.07) is 17.7. The van der Waals surface area contributed by atoms with E-state index in [0.717, 1.165) is 6.54 Å². The minimum atomic E-state index is 0.376. The van der Waals surface area contributed by atoms with Gasteiger partial charge in [-0.15, -0.1) is 11.8 Å². The zero-order chi connectivity index (χ0) is 13.7. The van der Waals surface area contributed by atoms with Crippen LogP contribution in [0.1, 0.15) is 29.7 Å². The van der Waals surface area contributed by atoms with Crippen LogP contribution in [0.3, 0.4) is 0 Å². The number of rotatable bonds is 5. The van der Waals surface area contributed by atoms with Crippen molar-refractivity contribution in [3.8, 4) is 0 Å². The highest BCUT2D eigenvalue weighted by atomic mass is 32.2. The Balaban J connectivity index is 1.96. The molecule has 0 saturated carbocycles. The van der Waals surface area contributed by atoms with E-state index < -0.39 is 0 Å². The Morgan fingerprint density at radius 3 is 2.37 bits per heavy atom. The first kappa shape index (κ1) is 14.2. The second-order valence-electron chi connectivity index (χ2n) is 4.81. The highest BCUT2D eigenvalue weighted by Crippen LogP contribution is 2.18. The van der Waals surface area contributed by atoms with Gasteiger partial charge in [-0.05, 0) is 48.9 Å². The van der Waals surface area contributed by atoms with Gasteiger partial charge >= 0.3 is 0 Å². The fourth-order valence-electron chi connectivity index (χ4n) is 2.20. The number of benzene rings is 2. The van der Waals surface area contributed by atoms with Crippen molar-refractivity contribution in [1.82, 2.24) is 5.32 Å². The summed E-state index contributed by atoms with van der Waals surface area (Å²) in [6.45, 7) is 5.30. The third-order valence-corrected chi connectivity index (χ3v) is 4.17. The van der Waals surface area contributed by atoms with E-state index in [9.17, 15) is 0 Å². The maximum Gasteiger partial charge on any atom is 0.0297 e. The maximum absolute atomic E-state index is 3.59. The Kier molecular flexibility index (Phi) is 5.06. The molecule has 2 aromatic rings. The van der Waals surface area contributed by atoms with Gasteiger partial charge in [-0.2, -0.15) is 0 Å². The molecule has 0 aliphatic carbocycles. The van der Waals surface area contributed by atoms with Crippen LogP contribution < -0.4 is 5.32 Å². The van der Waals surface area contributed by atoms with Gasteiger partial charge in [0.2, 0.25) is 0 Å². The molecule has 0 amide bonds. The summed E-state index contributed by atoms with van der Waals surface area (Å²) in [6.07, 6.45) is 2.10. The lowest BCUT2D eigenvalue weighted by molar-refractivity contribution is 0.572. The van der Waals surface area contributed by atoms with Crippen LogP contribution in [0.4, 0.5) is 0 Å². The molecule has 19 heavy (non-hydrogen) atoms. The van der Waals surface area contributed by atoms with Crippen molar-refractivity contribution in [2.75, 3.05) is 6.26 Å². The zero-order valence-corrected chi connectivity index (χ0v) is 12.6. The van der Waals surface area contributed by atoms with E-state index in [1.807, 2.05) is 0 Å². The van der Waals surface area contributed by atoms with Crippen molar-refractivity contribution >= 4 is 11.8 Å². The van der Waals surface area contributed by atoms with Gasteiger partial charge in [0.1, 0.15) is 0 Å². The number of nitrogens with one attached hydrogen (secondary N) is 1. The molecule has 0 unspecified atom stereocenters. The van der Waals surface area contributed by atoms with E-state index in [1.165, 1.54) is 21.6 Å². The summed E-state index contributed by atoms with van der Waals surface area (Å²) < 4.78 is 0. The minimum Gasteiger partial charge on any atom is -0.306 e. The van der Waals surface area contributed by atoms with Crippen LogP contribution in [0.25, 0.3) is 0 Å². The van der Waals surface area contributed by atoms with Crippen LogP contribution >= 0.6 is 11.8 Å². The predicted octanol–water partition coefficient (Wildman–Crippen LogP) is 4.57. The lowest BCUT2D eigenvalue weighted by Crippen LogP contribution is -2.18. The molecule has 0 aromatic heterocycles. The molecule has 0 spiro atoms. The van der Waals surface area contributed by atoms with Crippen molar-refractivity contribution in [3.63, 3.8) is 0 Å². The molecule has 0 bridgehead atoms. The van der Waals surface area contributed by atoms with Gasteiger partial charge in [0, 0.05) is 17.5 Å². The molecule has 2 rings (SSSR count). The Morgan fingerprint density at radius 1 is 1.05 bits per heavy atom. The average Bonchev–Trinajstić information content (AvgIpc) is 2.46. The Morgan fingerprint density at radius 2 is 1.74 bits per heavy atom. The molecule has 1 N–H and O–H groups in total. The molecule has 100 valence electrons. The molecule has 2 aromatic carbocycles. The van der Waals surface area contributed by atoms with E-state index >= 15 is 0 Å². The average molecular weight is 271 g/mol. The van der Waals surface area contributed by atoms with E-state index in [2.05, 4.69) is 74.0 Å². The normalized spacial score (nSPS) is 12.4. The standard InChI is InChI=1S/C17H21NS/c1-13-6-4-5-7-17(13)14(2)18-12-15-8-10-16(19-3)11-9-15/h4-11,14,18H,12H2,1-3H3/t14-/m1/s1. The van der Waals surface area contributed by atoms with Gasteiger partial charge in [-0.1, -0.05) is 36.4 Å². The summed E-state index contributed by atoms with van der Waals surface area (Å²) >= 11 is 1.78. The molecule has 1 nitrogen and oxygen atoms in total. The molecule has 1 atom stereocenters. The van der Waals surface area contributed by atoms with Gasteiger partial charge in [0.05, 0.1) is 0 Å². The summed E-state index contributed by atoms with van der Waals surface area (Å²) in [7, 11) is 0. The minimum absolute atomic E-state index is 0.376. The van der Waals surface area contributed by atoms with Crippen molar-refractivity contribution in [1.29, 1.82) is 0 Å². The molecule has 0 heterocycles. The third-order valence-electron chi connectivity index (χ3n) is 3.43. The quantitative estimate of drug-likeness (QED) is 0.800. The Labute approximate surface area is 120 Å². The molecule has 0 aliphatic rings. The number of thioether (sulfide) groups is 1. The fourth-order valence-corrected chi connectivity index (χ4v) is 2.61. The molecule has 0 fully saturated rings. The zero-order valence-electron chi connectivity index (χ0n) is 11.8. The van der Waals surface area contributed by atoms with Crippen molar-refractivity contribution in [2.24, 2.45) is 0 Å². The smallest absolute Gasteiger partial charge is 0.0297 e. The van der Waals surface area contributed by atoms with Gasteiger partial charge in [-0.25, -0.2) is 0 Å². The first-order valence-corrected chi connectivity index (χ1v) is 7.85. The predicted molar refractivity (Wildman–Crippen MR) is 84.7 cm³/mol. The lowest BCUT2D eigenvalue weighted by atomic mass is 10.0. The summed E-state index contributed by atoms with van der Waals surface area (Å²) in [5.74, 6) is 0. The van der Waals surface area contributed by atoms with Crippen LogP contribution in [0.2, 0.25) is 0 Å². The van der Waals surface area contributed by atoms with Crippen LogP contribution in [0.15, 0.2) is 53.4 Å². The second-order valence-corrected chi connectivity index (χ2v) is 5.69. The molecular weight excluding hydrogens is 250 g/mol. The Bertz CT molecular complexity index is 519. The van der Waals surface area contributed by atoms with Gasteiger partial charge in [0.25, 0.3) is 0 Å². The summed E-state index contributed by atoms with van der Waals surface area (Å²) in [4.78, 5) is 1.32. The van der Waals surface area contributed by atoms with E-state index in [1.54, 1.807) is 11.8 Å². The number of hydrogen-bond acceptors (Lipinski definition) is 2. The van der Waals surface area contributed by atoms with Crippen LogP contribution in [0.5, 0.6) is 0 Å². The molecular formula is C17H21NS. The Hall–Kier alpha value is -1.25. The van der Waals surface area contributed by atoms with Crippen molar-refractivity contribution in [3.05, 3.63) is 65.2 Å². The van der Waals surface area contributed by atoms with Gasteiger partial charge in [-0.3, -0.25) is 0 Å². The highest BCUT2D eigenvalue weighted by Gasteiger charge is 2.06. The van der Waals surface area contributed by atoms with Crippen LogP contribution in [0, 0.1) is 6.92 Å². The third kappa shape index (κ3) is 3.85. The number of aryl methyl sites for hydroxylation is 1. The summed E-state index contributed by atoms with van der Waals surface area (Å²) in [5.41, 5.74) is 4.06. The SMILES string of the molecule is CSc1ccc(CN[C@H](C)c2ccccc2C)cc1. The van der Waals surface area contributed by atoms with E-state index in [0.29, 0.717) is 6.04 Å². The second kappa shape index (κ2) is 6.78. The highest BCUT2D eigenvalue weighted by molar-refractivity contribution is 7.98. The lowest BCUT2D eigenvalue weighted by Gasteiger charge is -2.16. The molecule has 0 aliphatic heterocycles. The summed E-state index contributed by atoms with van der Waals surface area (Å²) in [5, 5.41) is 3.59. The van der Waals surface area contributed by atoms with Crippen molar-refractivity contribution in [2.45, 2.75) is 31.3 Å². The maximum atomic E-state index is 3.59. The molecule has 2 heteroatoms. The number of hydrogen-bond donors (Lipinski definition) is 1. The van der Waals surface area contributed by atoms with Crippen LogP contribution in [-0.2, 0) is 6.54 Å².